The highest BCUT2D eigenvalue weighted by atomic mass is 31.2. The van der Waals surface area contributed by atoms with E-state index in [-0.39, 0.29) is 23.9 Å². The molecule has 0 aromatic heterocycles. The van der Waals surface area contributed by atoms with E-state index in [0.29, 0.717) is 0 Å². The Morgan fingerprint density at radius 3 is 1.72 bits per heavy atom. The van der Waals surface area contributed by atoms with Crippen molar-refractivity contribution in [3.05, 3.63) is 0 Å². The molecule has 0 bridgehead atoms. The Balaban J connectivity index is 4.60. The lowest BCUT2D eigenvalue weighted by Crippen LogP contribution is -2.34. The number of aliphatic hydroxyl groups is 2. The van der Waals surface area contributed by atoms with Crippen molar-refractivity contribution < 1.29 is 23.8 Å². The maximum Gasteiger partial charge on any atom is 0.332 e. The molecule has 5 atom stereocenters. The third kappa shape index (κ3) is 4.98. The van der Waals surface area contributed by atoms with E-state index in [0.717, 1.165) is 0 Å². The maximum absolute atomic E-state index is 11.9. The predicted octanol–water partition coefficient (Wildman–Crippen LogP) is 2.12. The summed E-state index contributed by atoms with van der Waals surface area (Å²) in [7, 11) is -0.579. The van der Waals surface area contributed by atoms with E-state index in [4.69, 9.17) is 9.05 Å². The molecular weight excluding hydrogens is 255 g/mol. The molecule has 2 N–H and O–H groups in total. The molecule has 0 radical (unpaired) electrons. The molecule has 0 aliphatic carbocycles. The Bertz CT molecular complexity index is 274. The van der Waals surface area contributed by atoms with Gasteiger partial charge in [0.1, 0.15) is 0 Å². The summed E-state index contributed by atoms with van der Waals surface area (Å²) in [6.45, 7) is 7.51. The molecule has 0 spiro atoms. The molecule has 5 nitrogen and oxygen atoms in total. The standard InChI is InChI=1S/C12H27O5P/c1-8(9(2)11(4)13)10(3)12(14)7-18(15,16-5)17-6/h8-14H,7H2,1-6H3/t8-,9-,10+,11+,12?/m0/s1. The topological polar surface area (TPSA) is 76.0 Å². The van der Waals surface area contributed by atoms with E-state index in [9.17, 15) is 14.8 Å². The van der Waals surface area contributed by atoms with Crippen molar-refractivity contribution in [3.63, 3.8) is 0 Å². The minimum atomic E-state index is -3.20. The molecular formula is C12H27O5P. The van der Waals surface area contributed by atoms with Crippen LogP contribution in [0.3, 0.4) is 0 Å². The normalized spacial score (nSPS) is 21.1. The Hall–Kier alpha value is 0.0700. The fourth-order valence-corrected chi connectivity index (χ4v) is 3.13. The molecule has 1 unspecified atom stereocenters. The van der Waals surface area contributed by atoms with Crippen LogP contribution in [-0.2, 0) is 13.6 Å². The van der Waals surface area contributed by atoms with Gasteiger partial charge in [0.25, 0.3) is 0 Å². The number of hydrogen-bond acceptors (Lipinski definition) is 5. The van der Waals surface area contributed by atoms with Gasteiger partial charge in [0.2, 0.25) is 0 Å². The second kappa shape index (κ2) is 7.61. The number of rotatable bonds is 8. The molecule has 0 heterocycles. The van der Waals surface area contributed by atoms with E-state index in [1.54, 1.807) is 6.92 Å². The van der Waals surface area contributed by atoms with Gasteiger partial charge in [0, 0.05) is 14.2 Å². The van der Waals surface area contributed by atoms with Gasteiger partial charge in [0.05, 0.1) is 18.4 Å². The highest BCUT2D eigenvalue weighted by Crippen LogP contribution is 2.48. The zero-order valence-electron chi connectivity index (χ0n) is 12.2. The monoisotopic (exact) mass is 282 g/mol. The molecule has 0 aliphatic heterocycles. The van der Waals surface area contributed by atoms with Crippen LogP contribution < -0.4 is 0 Å². The van der Waals surface area contributed by atoms with Crippen molar-refractivity contribution in [2.45, 2.75) is 39.9 Å². The first-order valence-corrected chi connectivity index (χ1v) is 7.98. The minimum Gasteiger partial charge on any atom is -0.393 e. The largest absolute Gasteiger partial charge is 0.393 e. The quantitative estimate of drug-likeness (QED) is 0.667. The highest BCUT2D eigenvalue weighted by Gasteiger charge is 2.33. The van der Waals surface area contributed by atoms with Crippen LogP contribution in [0.1, 0.15) is 27.7 Å². The van der Waals surface area contributed by atoms with Crippen LogP contribution in [0.25, 0.3) is 0 Å². The summed E-state index contributed by atoms with van der Waals surface area (Å²) < 4.78 is 21.6. The van der Waals surface area contributed by atoms with Crippen LogP contribution in [0.5, 0.6) is 0 Å². The Morgan fingerprint density at radius 2 is 1.39 bits per heavy atom. The fourth-order valence-electron chi connectivity index (χ4n) is 1.89. The van der Waals surface area contributed by atoms with E-state index >= 15 is 0 Å². The molecule has 0 fully saturated rings. The summed E-state index contributed by atoms with van der Waals surface area (Å²) in [6.07, 6.45) is -1.25. The van der Waals surface area contributed by atoms with Gasteiger partial charge in [-0.2, -0.15) is 0 Å². The smallest absolute Gasteiger partial charge is 0.332 e. The first kappa shape index (κ1) is 18.1. The van der Waals surface area contributed by atoms with Gasteiger partial charge in [-0.05, 0) is 24.7 Å². The molecule has 0 aromatic carbocycles. The van der Waals surface area contributed by atoms with Gasteiger partial charge in [-0.1, -0.05) is 20.8 Å². The first-order chi connectivity index (χ1) is 8.18. The zero-order chi connectivity index (χ0) is 14.5. The van der Waals surface area contributed by atoms with Gasteiger partial charge in [-0.3, -0.25) is 4.57 Å². The lowest BCUT2D eigenvalue weighted by Gasteiger charge is -2.32. The summed E-state index contributed by atoms with van der Waals surface area (Å²) in [5, 5.41) is 19.7. The second-order valence-corrected chi connectivity index (χ2v) is 7.36. The van der Waals surface area contributed by atoms with Gasteiger partial charge in [0.15, 0.2) is 0 Å². The molecule has 0 aromatic rings. The summed E-state index contributed by atoms with van der Waals surface area (Å²) in [5.41, 5.74) is 0. The predicted molar refractivity (Wildman–Crippen MR) is 71.7 cm³/mol. The van der Waals surface area contributed by atoms with E-state index in [1.165, 1.54) is 14.2 Å². The van der Waals surface area contributed by atoms with E-state index in [1.807, 2.05) is 20.8 Å². The molecule has 0 saturated carbocycles. The van der Waals surface area contributed by atoms with Crippen molar-refractivity contribution >= 4 is 7.60 Å². The van der Waals surface area contributed by atoms with E-state index < -0.39 is 19.8 Å². The summed E-state index contributed by atoms with van der Waals surface area (Å²) in [4.78, 5) is 0. The zero-order valence-corrected chi connectivity index (χ0v) is 13.1. The molecule has 18 heavy (non-hydrogen) atoms. The van der Waals surface area contributed by atoms with Crippen molar-refractivity contribution in [2.75, 3.05) is 20.4 Å². The summed E-state index contributed by atoms with van der Waals surface area (Å²) >= 11 is 0. The van der Waals surface area contributed by atoms with Gasteiger partial charge in [-0.25, -0.2) is 0 Å². The molecule has 0 rings (SSSR count). The molecule has 0 amide bonds. The number of aliphatic hydroxyl groups excluding tert-OH is 2. The molecule has 6 heteroatoms. The Morgan fingerprint density at radius 1 is 0.944 bits per heavy atom. The van der Waals surface area contributed by atoms with Crippen LogP contribution >= 0.6 is 7.60 Å². The van der Waals surface area contributed by atoms with Crippen molar-refractivity contribution in [2.24, 2.45) is 17.8 Å². The third-order valence-electron chi connectivity index (χ3n) is 3.99. The van der Waals surface area contributed by atoms with Crippen molar-refractivity contribution in [3.8, 4) is 0 Å². The average Bonchev–Trinajstić information content (AvgIpc) is 2.35. The van der Waals surface area contributed by atoms with Crippen LogP contribution in [0, 0.1) is 17.8 Å². The maximum atomic E-state index is 11.9. The Labute approximate surface area is 110 Å². The first-order valence-electron chi connectivity index (χ1n) is 6.25. The lowest BCUT2D eigenvalue weighted by molar-refractivity contribution is 0.0379. The van der Waals surface area contributed by atoms with Crippen LogP contribution in [-0.4, -0.2) is 42.8 Å². The lowest BCUT2D eigenvalue weighted by atomic mass is 9.80. The summed E-state index contributed by atoms with van der Waals surface area (Å²) in [5.74, 6) is 0.0505. The number of hydrogen-bond donors (Lipinski definition) is 2. The molecule has 0 saturated heterocycles. The molecule has 0 aliphatic rings. The highest BCUT2D eigenvalue weighted by molar-refractivity contribution is 7.53. The van der Waals surface area contributed by atoms with Crippen LogP contribution in [0.15, 0.2) is 0 Å². The van der Waals surface area contributed by atoms with Crippen molar-refractivity contribution in [1.29, 1.82) is 0 Å². The van der Waals surface area contributed by atoms with Crippen molar-refractivity contribution in [1.82, 2.24) is 0 Å². The van der Waals surface area contributed by atoms with Crippen LogP contribution in [0.2, 0.25) is 0 Å². The summed E-state index contributed by atoms with van der Waals surface area (Å²) in [6, 6.07) is 0. The SMILES string of the molecule is COP(=O)(CC(O)[C@H](C)[C@@H](C)[C@H](C)[C@@H](C)O)OC. The van der Waals surface area contributed by atoms with Gasteiger partial charge in [-0.15, -0.1) is 0 Å². The molecule has 110 valence electrons. The van der Waals surface area contributed by atoms with Gasteiger partial charge >= 0.3 is 7.60 Å². The fraction of sp³-hybridized carbons (Fsp3) is 1.00. The third-order valence-corrected chi connectivity index (χ3v) is 5.93. The van der Waals surface area contributed by atoms with Gasteiger partial charge < -0.3 is 19.3 Å². The minimum absolute atomic E-state index is 0.0297. The Kier molecular flexibility index (Phi) is 7.64. The van der Waals surface area contributed by atoms with Crippen LogP contribution in [0.4, 0.5) is 0 Å². The van der Waals surface area contributed by atoms with E-state index in [2.05, 4.69) is 0 Å². The second-order valence-electron chi connectivity index (χ2n) is 5.04. The average molecular weight is 282 g/mol.